The highest BCUT2D eigenvalue weighted by Gasteiger charge is 1.98. The van der Waals surface area contributed by atoms with E-state index in [4.69, 9.17) is 5.11 Å². The van der Waals surface area contributed by atoms with Crippen LogP contribution in [0.15, 0.2) is 18.2 Å². The Labute approximate surface area is 63.3 Å². The number of benzene rings is 1. The Bertz CT molecular complexity index is 265. The first-order valence-electron chi connectivity index (χ1n) is 2.86. The largest absolute Gasteiger partial charge is 0.508 e. The first kappa shape index (κ1) is 7.47. The Hall–Kier alpha value is -1.64. The third-order valence-electron chi connectivity index (χ3n) is 1.15. The van der Waals surface area contributed by atoms with Gasteiger partial charge in [0.25, 0.3) is 0 Å². The minimum Gasteiger partial charge on any atom is -0.508 e. The number of aromatic hydroxyl groups is 1. The SMILES string of the molecule is O=[C]c1cc(O)cc([C]=O)c1. The molecule has 1 aromatic rings. The maximum Gasteiger partial charge on any atom is 0.233 e. The molecule has 0 fully saturated rings. The van der Waals surface area contributed by atoms with E-state index >= 15 is 0 Å². The molecule has 2 radical (unpaired) electrons. The van der Waals surface area contributed by atoms with Crippen molar-refractivity contribution < 1.29 is 14.7 Å². The van der Waals surface area contributed by atoms with Crippen molar-refractivity contribution in [1.29, 1.82) is 0 Å². The fraction of sp³-hybridized carbons (Fsp3) is 0. The van der Waals surface area contributed by atoms with E-state index in [9.17, 15) is 9.59 Å². The van der Waals surface area contributed by atoms with Crippen LogP contribution in [0.2, 0.25) is 0 Å². The van der Waals surface area contributed by atoms with E-state index < -0.39 is 0 Å². The fourth-order valence-corrected chi connectivity index (χ4v) is 0.729. The molecule has 1 aromatic carbocycles. The molecule has 0 heterocycles. The van der Waals surface area contributed by atoms with Crippen molar-refractivity contribution in [3.05, 3.63) is 29.3 Å². The Morgan fingerprint density at radius 2 is 1.45 bits per heavy atom. The van der Waals surface area contributed by atoms with Gasteiger partial charge in [-0.2, -0.15) is 0 Å². The van der Waals surface area contributed by atoms with Gasteiger partial charge in [-0.1, -0.05) is 0 Å². The van der Waals surface area contributed by atoms with Gasteiger partial charge in [-0.25, -0.2) is 0 Å². The Balaban J connectivity index is 3.21. The van der Waals surface area contributed by atoms with Crippen LogP contribution in [0.25, 0.3) is 0 Å². The van der Waals surface area contributed by atoms with Gasteiger partial charge < -0.3 is 5.11 Å². The molecule has 0 amide bonds. The molecular weight excluding hydrogens is 144 g/mol. The first-order chi connectivity index (χ1) is 5.26. The molecule has 1 rings (SSSR count). The van der Waals surface area contributed by atoms with E-state index in [1.807, 2.05) is 0 Å². The lowest BCUT2D eigenvalue weighted by atomic mass is 10.1. The number of hydrogen-bond acceptors (Lipinski definition) is 3. The average molecular weight is 148 g/mol. The topological polar surface area (TPSA) is 54.4 Å². The lowest BCUT2D eigenvalue weighted by Gasteiger charge is -1.93. The van der Waals surface area contributed by atoms with Crippen LogP contribution in [0.5, 0.6) is 5.75 Å². The second kappa shape index (κ2) is 2.96. The summed E-state index contributed by atoms with van der Waals surface area (Å²) in [6, 6.07) is 3.72. The highest BCUT2D eigenvalue weighted by atomic mass is 16.3. The van der Waals surface area contributed by atoms with Crippen molar-refractivity contribution in [1.82, 2.24) is 0 Å². The molecule has 3 heteroatoms. The molecule has 54 valence electrons. The van der Waals surface area contributed by atoms with Crippen LogP contribution >= 0.6 is 0 Å². The minimum absolute atomic E-state index is 0.135. The molecule has 0 saturated carbocycles. The molecule has 0 unspecified atom stereocenters. The predicted octanol–water partition coefficient (Wildman–Crippen LogP) is 0.308. The summed E-state index contributed by atoms with van der Waals surface area (Å²) in [5.74, 6) is -0.135. The molecule has 1 N–H and O–H groups in total. The number of hydrogen-bond donors (Lipinski definition) is 1. The van der Waals surface area contributed by atoms with Gasteiger partial charge in [0.2, 0.25) is 12.6 Å². The van der Waals surface area contributed by atoms with Gasteiger partial charge in [0, 0.05) is 11.1 Å². The quantitative estimate of drug-likeness (QED) is 0.656. The summed E-state index contributed by atoms with van der Waals surface area (Å²) in [6.45, 7) is 0. The van der Waals surface area contributed by atoms with E-state index in [0.717, 1.165) is 0 Å². The van der Waals surface area contributed by atoms with Gasteiger partial charge in [-0.3, -0.25) is 9.59 Å². The number of phenolic OH excluding ortho intramolecular Hbond substituents is 1. The van der Waals surface area contributed by atoms with Gasteiger partial charge in [-0.15, -0.1) is 0 Å². The first-order valence-corrected chi connectivity index (χ1v) is 2.86. The van der Waals surface area contributed by atoms with Crippen LogP contribution in [-0.2, 0) is 9.59 Å². The third kappa shape index (κ3) is 1.64. The van der Waals surface area contributed by atoms with Gasteiger partial charge in [0.1, 0.15) is 5.75 Å². The van der Waals surface area contributed by atoms with Crippen LogP contribution < -0.4 is 0 Å². The van der Waals surface area contributed by atoms with Gasteiger partial charge in [0.15, 0.2) is 0 Å². The number of rotatable bonds is 2. The minimum atomic E-state index is -0.135. The Morgan fingerprint density at radius 1 is 1.00 bits per heavy atom. The molecular formula is C8H4O3. The van der Waals surface area contributed by atoms with Crippen LogP contribution in [0, 0.1) is 0 Å². The molecule has 0 aliphatic carbocycles. The molecule has 0 aliphatic rings. The van der Waals surface area contributed by atoms with E-state index in [1.165, 1.54) is 18.2 Å². The monoisotopic (exact) mass is 148 g/mol. The maximum atomic E-state index is 10.1. The van der Waals surface area contributed by atoms with E-state index in [0.29, 0.717) is 0 Å². The van der Waals surface area contributed by atoms with Gasteiger partial charge in [-0.05, 0) is 18.2 Å². The average Bonchev–Trinajstić information content (AvgIpc) is 2.03. The second-order valence-electron chi connectivity index (χ2n) is 1.97. The van der Waals surface area contributed by atoms with Crippen LogP contribution in [0.3, 0.4) is 0 Å². The van der Waals surface area contributed by atoms with E-state index in [2.05, 4.69) is 0 Å². The van der Waals surface area contributed by atoms with Gasteiger partial charge in [0.05, 0.1) is 0 Å². The zero-order valence-electron chi connectivity index (χ0n) is 5.50. The zero-order valence-corrected chi connectivity index (χ0v) is 5.50. The van der Waals surface area contributed by atoms with Gasteiger partial charge >= 0.3 is 0 Å². The normalized spacial score (nSPS) is 9.09. The van der Waals surface area contributed by atoms with Crippen molar-refractivity contribution in [2.75, 3.05) is 0 Å². The van der Waals surface area contributed by atoms with Crippen LogP contribution in [0.1, 0.15) is 11.1 Å². The number of carbonyl (C=O) groups excluding carboxylic acids is 2. The fourth-order valence-electron chi connectivity index (χ4n) is 0.729. The van der Waals surface area contributed by atoms with Crippen molar-refractivity contribution in [3.8, 4) is 5.75 Å². The summed E-state index contributed by atoms with van der Waals surface area (Å²) in [5, 5.41) is 8.90. The predicted molar refractivity (Wildman–Crippen MR) is 37.7 cm³/mol. The lowest BCUT2D eigenvalue weighted by molar-refractivity contribution is 0.474. The summed E-state index contributed by atoms with van der Waals surface area (Å²) in [4.78, 5) is 20.1. The molecule has 0 saturated heterocycles. The maximum absolute atomic E-state index is 10.1. The Morgan fingerprint density at radius 3 is 1.82 bits per heavy atom. The summed E-state index contributed by atoms with van der Waals surface area (Å²) in [5.41, 5.74) is 0.284. The van der Waals surface area contributed by atoms with Crippen molar-refractivity contribution in [3.63, 3.8) is 0 Å². The summed E-state index contributed by atoms with van der Waals surface area (Å²) >= 11 is 0. The molecule has 0 bridgehead atoms. The molecule has 0 aliphatic heterocycles. The molecule has 0 atom stereocenters. The Kier molecular flexibility index (Phi) is 2.01. The lowest BCUT2D eigenvalue weighted by Crippen LogP contribution is -1.85. The van der Waals surface area contributed by atoms with E-state index in [1.54, 1.807) is 12.6 Å². The zero-order chi connectivity index (χ0) is 8.27. The second-order valence-corrected chi connectivity index (χ2v) is 1.97. The third-order valence-corrected chi connectivity index (χ3v) is 1.15. The van der Waals surface area contributed by atoms with Crippen LogP contribution in [-0.4, -0.2) is 17.7 Å². The summed E-state index contributed by atoms with van der Waals surface area (Å²) in [6.07, 6.45) is 3.11. The van der Waals surface area contributed by atoms with E-state index in [-0.39, 0.29) is 16.9 Å². The van der Waals surface area contributed by atoms with Crippen LogP contribution in [0.4, 0.5) is 0 Å². The van der Waals surface area contributed by atoms with Crippen molar-refractivity contribution in [2.24, 2.45) is 0 Å². The molecule has 3 nitrogen and oxygen atoms in total. The molecule has 0 spiro atoms. The summed E-state index contributed by atoms with van der Waals surface area (Å²) < 4.78 is 0. The van der Waals surface area contributed by atoms with Crippen molar-refractivity contribution >= 4 is 12.6 Å². The smallest absolute Gasteiger partial charge is 0.233 e. The molecule has 11 heavy (non-hydrogen) atoms. The highest BCUT2D eigenvalue weighted by molar-refractivity contribution is 5.83. The molecule has 0 aromatic heterocycles. The summed E-state index contributed by atoms with van der Waals surface area (Å²) in [7, 11) is 0. The highest BCUT2D eigenvalue weighted by Crippen LogP contribution is 2.12. The number of phenols is 1. The standard InChI is InChI=1S/C8H4O3/c9-4-6-1-7(5-10)3-8(11)2-6/h1-3,11H. The van der Waals surface area contributed by atoms with Crippen molar-refractivity contribution in [2.45, 2.75) is 0 Å².